The Morgan fingerprint density at radius 2 is 2.17 bits per heavy atom. The van der Waals surface area contributed by atoms with Gasteiger partial charge in [0.05, 0.1) is 11.6 Å². The molecule has 1 atom stereocenters. The highest BCUT2D eigenvalue weighted by atomic mass is 16.5. The van der Waals surface area contributed by atoms with Crippen molar-refractivity contribution in [3.8, 4) is 0 Å². The summed E-state index contributed by atoms with van der Waals surface area (Å²) in [6, 6.07) is 0.188. The van der Waals surface area contributed by atoms with Crippen molar-refractivity contribution >= 4 is 0 Å². The van der Waals surface area contributed by atoms with E-state index in [1.807, 2.05) is 19.5 Å². The summed E-state index contributed by atoms with van der Waals surface area (Å²) >= 11 is 0. The van der Waals surface area contributed by atoms with E-state index in [2.05, 4.69) is 28.8 Å². The van der Waals surface area contributed by atoms with Crippen molar-refractivity contribution in [2.75, 3.05) is 13.7 Å². The zero-order chi connectivity index (χ0) is 13.0. The van der Waals surface area contributed by atoms with E-state index >= 15 is 0 Å². The molecular weight excluding hydrogens is 226 g/mol. The van der Waals surface area contributed by atoms with Crippen LogP contribution in [0, 0.1) is 0 Å². The Morgan fingerprint density at radius 3 is 2.67 bits per heavy atom. The fourth-order valence-corrected chi connectivity index (χ4v) is 3.13. The van der Waals surface area contributed by atoms with Crippen LogP contribution in [0.4, 0.5) is 0 Å². The average Bonchev–Trinajstić information content (AvgIpc) is 2.83. The molecule has 1 unspecified atom stereocenters. The van der Waals surface area contributed by atoms with Crippen LogP contribution in [0.2, 0.25) is 0 Å². The highest BCUT2D eigenvalue weighted by molar-refractivity contribution is 5.08. The Balaban J connectivity index is 2.30. The summed E-state index contributed by atoms with van der Waals surface area (Å²) in [6.45, 7) is 3.07. The fourth-order valence-electron chi connectivity index (χ4n) is 3.13. The van der Waals surface area contributed by atoms with Gasteiger partial charge < -0.3 is 14.6 Å². The summed E-state index contributed by atoms with van der Waals surface area (Å²) in [5, 5.41) is 3.58. The number of imidazole rings is 1. The van der Waals surface area contributed by atoms with Crippen LogP contribution in [0.5, 0.6) is 0 Å². The predicted molar refractivity (Wildman–Crippen MR) is 72.5 cm³/mol. The van der Waals surface area contributed by atoms with Crippen LogP contribution >= 0.6 is 0 Å². The third-order valence-corrected chi connectivity index (χ3v) is 4.16. The van der Waals surface area contributed by atoms with E-state index in [0.29, 0.717) is 0 Å². The maximum Gasteiger partial charge on any atom is 0.128 e. The second-order valence-corrected chi connectivity index (χ2v) is 5.22. The lowest BCUT2D eigenvalue weighted by molar-refractivity contribution is -0.0710. The van der Waals surface area contributed by atoms with Crippen LogP contribution in [-0.2, 0) is 11.8 Å². The summed E-state index contributed by atoms with van der Waals surface area (Å²) in [4.78, 5) is 4.52. The molecule has 4 heteroatoms. The molecule has 4 nitrogen and oxygen atoms in total. The molecular formula is C14H25N3O. The van der Waals surface area contributed by atoms with Crippen LogP contribution in [-0.4, -0.2) is 28.8 Å². The lowest BCUT2D eigenvalue weighted by atomic mass is 9.78. The van der Waals surface area contributed by atoms with Crippen molar-refractivity contribution in [2.24, 2.45) is 7.05 Å². The lowest BCUT2D eigenvalue weighted by Gasteiger charge is -2.42. The van der Waals surface area contributed by atoms with Crippen LogP contribution in [0.15, 0.2) is 12.4 Å². The molecule has 1 fully saturated rings. The van der Waals surface area contributed by atoms with Crippen molar-refractivity contribution in [3.63, 3.8) is 0 Å². The third-order valence-electron chi connectivity index (χ3n) is 4.16. The Morgan fingerprint density at radius 1 is 1.44 bits per heavy atom. The van der Waals surface area contributed by atoms with E-state index < -0.39 is 0 Å². The van der Waals surface area contributed by atoms with E-state index in [1.165, 1.54) is 19.3 Å². The van der Waals surface area contributed by atoms with Gasteiger partial charge in [0.2, 0.25) is 0 Å². The first-order chi connectivity index (χ1) is 8.73. The van der Waals surface area contributed by atoms with Crippen LogP contribution < -0.4 is 5.32 Å². The molecule has 1 aromatic rings. The van der Waals surface area contributed by atoms with Crippen LogP contribution in [0.1, 0.15) is 50.9 Å². The number of aryl methyl sites for hydroxylation is 1. The lowest BCUT2D eigenvalue weighted by Crippen LogP contribution is -2.48. The van der Waals surface area contributed by atoms with Gasteiger partial charge in [0, 0.05) is 26.6 Å². The maximum absolute atomic E-state index is 5.96. The number of likely N-dealkylation sites (N-methyl/N-ethyl adjacent to an activating group) is 1. The molecule has 1 heterocycles. The molecule has 0 spiro atoms. The van der Waals surface area contributed by atoms with Crippen LogP contribution in [0.25, 0.3) is 0 Å². The normalized spacial score (nSPS) is 20.8. The van der Waals surface area contributed by atoms with E-state index in [0.717, 1.165) is 25.2 Å². The number of rotatable bonds is 5. The molecule has 0 aliphatic heterocycles. The summed E-state index contributed by atoms with van der Waals surface area (Å²) < 4.78 is 8.06. The highest BCUT2D eigenvalue weighted by Crippen LogP contribution is 2.40. The van der Waals surface area contributed by atoms with E-state index in [-0.39, 0.29) is 11.6 Å². The number of methoxy groups -OCH3 is 1. The van der Waals surface area contributed by atoms with Gasteiger partial charge in [-0.25, -0.2) is 4.98 Å². The van der Waals surface area contributed by atoms with Crippen molar-refractivity contribution < 1.29 is 4.74 Å². The maximum atomic E-state index is 5.96. The molecule has 1 N–H and O–H groups in total. The smallest absolute Gasteiger partial charge is 0.128 e. The third kappa shape index (κ3) is 2.45. The molecule has 0 radical (unpaired) electrons. The zero-order valence-electron chi connectivity index (χ0n) is 11.8. The van der Waals surface area contributed by atoms with Crippen molar-refractivity contribution in [3.05, 3.63) is 18.2 Å². The van der Waals surface area contributed by atoms with Gasteiger partial charge in [0.15, 0.2) is 0 Å². The summed E-state index contributed by atoms with van der Waals surface area (Å²) in [6.07, 6.45) is 9.94. The molecule has 2 rings (SSSR count). The minimum absolute atomic E-state index is 0.0899. The number of nitrogens with one attached hydrogen (secondary N) is 1. The van der Waals surface area contributed by atoms with Gasteiger partial charge in [-0.15, -0.1) is 0 Å². The summed E-state index contributed by atoms with van der Waals surface area (Å²) in [5.74, 6) is 1.08. The van der Waals surface area contributed by atoms with E-state index in [9.17, 15) is 0 Å². The minimum Gasteiger partial charge on any atom is -0.376 e. The van der Waals surface area contributed by atoms with Crippen LogP contribution in [0.3, 0.4) is 0 Å². The molecule has 102 valence electrons. The van der Waals surface area contributed by atoms with Crippen molar-refractivity contribution in [1.82, 2.24) is 14.9 Å². The fraction of sp³-hybridized carbons (Fsp3) is 0.786. The Labute approximate surface area is 110 Å². The summed E-state index contributed by atoms with van der Waals surface area (Å²) in [7, 11) is 3.90. The molecule has 1 aromatic heterocycles. The number of nitrogens with zero attached hydrogens (tertiary/aromatic N) is 2. The Bertz CT molecular complexity index is 369. The Kier molecular flexibility index (Phi) is 4.40. The molecule has 0 bridgehead atoms. The Hall–Kier alpha value is -0.870. The monoisotopic (exact) mass is 251 g/mol. The van der Waals surface area contributed by atoms with Gasteiger partial charge in [-0.05, 0) is 19.4 Å². The largest absolute Gasteiger partial charge is 0.376 e. The average molecular weight is 251 g/mol. The number of ether oxygens (including phenoxy) is 1. The molecule has 18 heavy (non-hydrogen) atoms. The first-order valence-corrected chi connectivity index (χ1v) is 6.99. The van der Waals surface area contributed by atoms with Gasteiger partial charge >= 0.3 is 0 Å². The molecule has 1 aliphatic rings. The minimum atomic E-state index is -0.0899. The predicted octanol–water partition coefficient (Wildman–Crippen LogP) is 2.42. The van der Waals surface area contributed by atoms with Gasteiger partial charge in [-0.2, -0.15) is 0 Å². The van der Waals surface area contributed by atoms with E-state index in [4.69, 9.17) is 4.74 Å². The number of hydrogen-bond donors (Lipinski definition) is 1. The first-order valence-electron chi connectivity index (χ1n) is 6.99. The summed E-state index contributed by atoms with van der Waals surface area (Å²) in [5.41, 5.74) is -0.0899. The topological polar surface area (TPSA) is 39.1 Å². The SMILES string of the molecule is CCNC(c1nccn1C)C1(OC)CCCCC1. The van der Waals surface area contributed by atoms with E-state index in [1.54, 1.807) is 0 Å². The van der Waals surface area contributed by atoms with Crippen molar-refractivity contribution in [2.45, 2.75) is 50.7 Å². The molecule has 1 saturated carbocycles. The molecule has 0 saturated heterocycles. The number of aromatic nitrogens is 2. The van der Waals surface area contributed by atoms with Gasteiger partial charge in [-0.1, -0.05) is 26.2 Å². The number of hydrogen-bond acceptors (Lipinski definition) is 3. The molecule has 0 aromatic carbocycles. The quantitative estimate of drug-likeness (QED) is 0.873. The van der Waals surface area contributed by atoms with Gasteiger partial charge in [0.1, 0.15) is 5.82 Å². The van der Waals surface area contributed by atoms with Gasteiger partial charge in [-0.3, -0.25) is 0 Å². The van der Waals surface area contributed by atoms with Gasteiger partial charge in [0.25, 0.3) is 0 Å². The zero-order valence-corrected chi connectivity index (χ0v) is 11.8. The first kappa shape index (κ1) is 13.6. The molecule has 0 amide bonds. The second-order valence-electron chi connectivity index (χ2n) is 5.22. The molecule has 1 aliphatic carbocycles. The standard InChI is InChI=1S/C14H25N3O/c1-4-15-12(13-16-10-11-17(13)2)14(18-3)8-6-5-7-9-14/h10-12,15H,4-9H2,1-3H3. The van der Waals surface area contributed by atoms with Crippen molar-refractivity contribution in [1.29, 1.82) is 0 Å². The second kappa shape index (κ2) is 5.85. The highest BCUT2D eigenvalue weighted by Gasteiger charge is 2.42.